The van der Waals surface area contributed by atoms with Gasteiger partial charge >= 0.3 is 0 Å². The number of hydrogen-bond acceptors (Lipinski definition) is 5. The fourth-order valence-corrected chi connectivity index (χ4v) is 5.71. The summed E-state index contributed by atoms with van der Waals surface area (Å²) >= 11 is 0. The lowest BCUT2D eigenvalue weighted by Gasteiger charge is -2.33. The van der Waals surface area contributed by atoms with Crippen LogP contribution in [0.2, 0.25) is 0 Å². The van der Waals surface area contributed by atoms with Crippen molar-refractivity contribution < 1.29 is 4.79 Å². The van der Waals surface area contributed by atoms with Crippen molar-refractivity contribution in [2.45, 2.75) is 58.4 Å². The van der Waals surface area contributed by atoms with E-state index in [4.69, 9.17) is 4.98 Å². The number of nitrogens with one attached hydrogen (secondary N) is 2. The summed E-state index contributed by atoms with van der Waals surface area (Å²) in [5.74, 6) is 1.62. The number of carbonyl (C=O) groups excluding carboxylic acids is 1. The van der Waals surface area contributed by atoms with Gasteiger partial charge in [0.05, 0.1) is 23.4 Å². The molecule has 3 atom stereocenters. The van der Waals surface area contributed by atoms with Crippen molar-refractivity contribution in [3.05, 3.63) is 23.5 Å². The first-order chi connectivity index (χ1) is 15.4. The molecule has 3 aliphatic rings. The van der Waals surface area contributed by atoms with Crippen molar-refractivity contribution in [1.82, 2.24) is 30.0 Å². The van der Waals surface area contributed by atoms with E-state index in [9.17, 15) is 4.79 Å². The number of likely N-dealkylation sites (N-methyl/N-ethyl adjacent to an activating group) is 1. The number of carbonyl (C=O) groups is 1. The van der Waals surface area contributed by atoms with Crippen LogP contribution in [0.1, 0.15) is 50.8 Å². The number of anilines is 1. The highest BCUT2D eigenvalue weighted by Gasteiger charge is 2.53. The molecule has 1 saturated carbocycles. The van der Waals surface area contributed by atoms with Gasteiger partial charge in [-0.1, -0.05) is 13.3 Å². The normalized spacial score (nSPS) is 25.9. The van der Waals surface area contributed by atoms with Gasteiger partial charge in [-0.3, -0.25) is 14.8 Å². The standard InChI is InChI=1S/C24H31N7O/c1-14(31-7-5-4-6-8-31)23(32)30(3)16-10-18-21(25-13-16)27-22(26-18)20-17-9-15-11-24(15,2)12-19(17)28-29-20/h10,13-15H,4-9,11-12H2,1-3H3,(H,28,29)(H,25,26,27)/t14?,15-,24-/m1/s1. The molecular formula is C24H31N7O. The summed E-state index contributed by atoms with van der Waals surface area (Å²) < 4.78 is 0. The van der Waals surface area contributed by atoms with Gasteiger partial charge in [0.2, 0.25) is 5.91 Å². The topological polar surface area (TPSA) is 93.8 Å². The van der Waals surface area contributed by atoms with E-state index in [0.717, 1.165) is 54.6 Å². The van der Waals surface area contributed by atoms with Crippen molar-refractivity contribution in [2.24, 2.45) is 11.3 Å². The van der Waals surface area contributed by atoms with Crippen molar-refractivity contribution in [3.8, 4) is 11.5 Å². The SMILES string of the molecule is CC(C(=O)N(C)c1cnc2nc(-c3n[nH]c4c3C[C@@H]3C[C@]3(C)C4)[nH]c2c1)N1CCCCC1. The third-order valence-corrected chi connectivity index (χ3v) is 8.08. The quantitative estimate of drug-likeness (QED) is 0.658. The Hall–Kier alpha value is -2.74. The van der Waals surface area contributed by atoms with E-state index in [-0.39, 0.29) is 11.9 Å². The van der Waals surface area contributed by atoms with Crippen LogP contribution in [-0.4, -0.2) is 62.1 Å². The number of piperidine rings is 1. The van der Waals surface area contributed by atoms with Gasteiger partial charge in [0, 0.05) is 18.3 Å². The molecule has 2 fully saturated rings. The van der Waals surface area contributed by atoms with E-state index in [1.165, 1.54) is 36.9 Å². The Morgan fingerprint density at radius 1 is 1.31 bits per heavy atom. The maximum atomic E-state index is 13.1. The number of H-pyrrole nitrogens is 2. The summed E-state index contributed by atoms with van der Waals surface area (Å²) in [4.78, 5) is 29.8. The zero-order valence-electron chi connectivity index (χ0n) is 19.1. The summed E-state index contributed by atoms with van der Waals surface area (Å²) in [7, 11) is 1.83. The van der Waals surface area contributed by atoms with Crippen molar-refractivity contribution in [3.63, 3.8) is 0 Å². The lowest BCUT2D eigenvalue weighted by Crippen LogP contribution is -2.47. The first-order valence-corrected chi connectivity index (χ1v) is 11.9. The molecule has 3 aromatic rings. The number of aromatic nitrogens is 5. The molecule has 0 radical (unpaired) electrons. The molecule has 8 heteroatoms. The Balaban J connectivity index is 1.25. The summed E-state index contributed by atoms with van der Waals surface area (Å²) in [6.45, 7) is 6.37. The zero-order chi connectivity index (χ0) is 22.0. The Labute approximate surface area is 187 Å². The Bertz CT molecular complexity index is 1190. The highest BCUT2D eigenvalue weighted by Crippen LogP contribution is 2.59. The minimum absolute atomic E-state index is 0.0987. The molecule has 8 nitrogen and oxygen atoms in total. The number of hydrogen-bond donors (Lipinski definition) is 2. The molecule has 1 unspecified atom stereocenters. The molecule has 32 heavy (non-hydrogen) atoms. The molecule has 1 aliphatic heterocycles. The van der Waals surface area contributed by atoms with Crippen molar-refractivity contribution in [2.75, 3.05) is 25.0 Å². The largest absolute Gasteiger partial charge is 0.335 e. The second-order valence-electron chi connectivity index (χ2n) is 10.3. The minimum Gasteiger partial charge on any atom is -0.335 e. The molecule has 0 aromatic carbocycles. The fraction of sp³-hybridized carbons (Fsp3) is 0.583. The second-order valence-corrected chi connectivity index (χ2v) is 10.3. The monoisotopic (exact) mass is 433 g/mol. The molecule has 0 spiro atoms. The van der Waals surface area contributed by atoms with Crippen LogP contribution in [0.15, 0.2) is 12.3 Å². The average Bonchev–Trinajstić information content (AvgIpc) is 3.11. The highest BCUT2D eigenvalue weighted by molar-refractivity contribution is 5.97. The predicted octanol–water partition coefficient (Wildman–Crippen LogP) is 3.31. The van der Waals surface area contributed by atoms with Crippen LogP contribution < -0.4 is 4.90 Å². The second kappa shape index (κ2) is 7.13. The number of nitrogens with zero attached hydrogens (tertiary/aromatic N) is 5. The number of rotatable bonds is 4. The number of amides is 1. The predicted molar refractivity (Wildman–Crippen MR) is 123 cm³/mol. The maximum Gasteiger partial charge on any atom is 0.243 e. The summed E-state index contributed by atoms with van der Waals surface area (Å²) in [5, 5.41) is 7.85. The van der Waals surface area contributed by atoms with Gasteiger partial charge in [-0.25, -0.2) is 9.97 Å². The number of fused-ring (bicyclic) bond motifs is 3. The van der Waals surface area contributed by atoms with Gasteiger partial charge in [0.25, 0.3) is 0 Å². The Morgan fingerprint density at radius 3 is 2.94 bits per heavy atom. The molecule has 2 aliphatic carbocycles. The first-order valence-electron chi connectivity index (χ1n) is 11.9. The minimum atomic E-state index is -0.128. The molecule has 168 valence electrons. The lowest BCUT2D eigenvalue weighted by molar-refractivity contribution is -0.123. The molecule has 1 saturated heterocycles. The van der Waals surface area contributed by atoms with Crippen LogP contribution in [0.3, 0.4) is 0 Å². The third kappa shape index (κ3) is 3.15. The van der Waals surface area contributed by atoms with Crippen LogP contribution in [0.5, 0.6) is 0 Å². The molecule has 6 rings (SSSR count). The van der Waals surface area contributed by atoms with E-state index >= 15 is 0 Å². The smallest absolute Gasteiger partial charge is 0.243 e. The summed E-state index contributed by atoms with van der Waals surface area (Å²) in [5.41, 5.74) is 6.18. The number of aromatic amines is 2. The van der Waals surface area contributed by atoms with Gasteiger partial charge in [-0.05, 0) is 69.5 Å². The molecular weight excluding hydrogens is 402 g/mol. The molecule has 2 N–H and O–H groups in total. The maximum absolute atomic E-state index is 13.1. The summed E-state index contributed by atoms with van der Waals surface area (Å²) in [6.07, 6.45) is 8.78. The van der Waals surface area contributed by atoms with Crippen LogP contribution in [0, 0.1) is 11.3 Å². The Kier molecular flexibility index (Phi) is 4.44. The van der Waals surface area contributed by atoms with E-state index in [1.54, 1.807) is 11.1 Å². The van der Waals surface area contributed by atoms with Crippen LogP contribution >= 0.6 is 0 Å². The molecule has 4 heterocycles. The molecule has 1 amide bonds. The van der Waals surface area contributed by atoms with Crippen LogP contribution in [-0.2, 0) is 17.6 Å². The lowest BCUT2D eigenvalue weighted by atomic mass is 9.88. The Morgan fingerprint density at radius 2 is 2.12 bits per heavy atom. The fourth-order valence-electron chi connectivity index (χ4n) is 5.71. The average molecular weight is 434 g/mol. The summed E-state index contributed by atoms with van der Waals surface area (Å²) in [6, 6.07) is 1.84. The highest BCUT2D eigenvalue weighted by atomic mass is 16.2. The van der Waals surface area contributed by atoms with Crippen LogP contribution in [0.4, 0.5) is 5.69 Å². The zero-order valence-corrected chi connectivity index (χ0v) is 19.1. The molecule has 3 aromatic heterocycles. The van der Waals surface area contributed by atoms with Gasteiger partial charge in [-0.2, -0.15) is 5.10 Å². The van der Waals surface area contributed by atoms with E-state index < -0.39 is 0 Å². The first kappa shape index (κ1) is 19.9. The van der Waals surface area contributed by atoms with Gasteiger partial charge < -0.3 is 9.88 Å². The number of pyridine rings is 1. The van der Waals surface area contributed by atoms with Crippen molar-refractivity contribution >= 4 is 22.8 Å². The van der Waals surface area contributed by atoms with Crippen molar-refractivity contribution in [1.29, 1.82) is 0 Å². The van der Waals surface area contributed by atoms with Crippen LogP contribution in [0.25, 0.3) is 22.7 Å². The van der Waals surface area contributed by atoms with E-state index in [2.05, 4.69) is 32.0 Å². The third-order valence-electron chi connectivity index (χ3n) is 8.08. The number of likely N-dealkylation sites (tertiary alicyclic amines) is 1. The number of imidazole rings is 1. The van der Waals surface area contributed by atoms with E-state index in [1.807, 2.05) is 20.0 Å². The molecule has 0 bridgehead atoms. The van der Waals surface area contributed by atoms with Gasteiger partial charge in [0.1, 0.15) is 5.69 Å². The van der Waals surface area contributed by atoms with E-state index in [0.29, 0.717) is 11.1 Å². The van der Waals surface area contributed by atoms with Gasteiger partial charge in [-0.15, -0.1) is 0 Å². The van der Waals surface area contributed by atoms with Gasteiger partial charge in [0.15, 0.2) is 11.5 Å².